The maximum Gasteiger partial charge on any atom is 0.352 e. The Hall–Kier alpha value is -2.24. The third kappa shape index (κ3) is 3.68. The van der Waals surface area contributed by atoms with E-state index >= 15 is 0 Å². The summed E-state index contributed by atoms with van der Waals surface area (Å²) in [6.07, 6.45) is 18.1. The van der Waals surface area contributed by atoms with Crippen molar-refractivity contribution in [2.75, 3.05) is 0 Å². The van der Waals surface area contributed by atoms with Crippen molar-refractivity contribution in [2.24, 2.45) is 40.9 Å². The van der Waals surface area contributed by atoms with Crippen LogP contribution in [0.4, 0.5) is 0 Å². The zero-order valence-electron chi connectivity index (χ0n) is 19.9. The number of halogens is 1. The number of hydrogen-bond acceptors (Lipinski definition) is 2. The van der Waals surface area contributed by atoms with Crippen LogP contribution < -0.4 is 0 Å². The Morgan fingerprint density at radius 3 is 2.76 bits per heavy atom. The molecule has 4 aliphatic rings. The second kappa shape index (κ2) is 8.76. The molecular weight excluding hydrogens is 440 g/mol. The van der Waals surface area contributed by atoms with E-state index in [4.69, 9.17) is 16.3 Å². The molecule has 2 aromatic rings. The topological polar surface area (TPSA) is 26.3 Å². The minimum atomic E-state index is -0.424. The fourth-order valence-corrected chi connectivity index (χ4v) is 8.53. The van der Waals surface area contributed by atoms with Crippen LogP contribution in [0.3, 0.4) is 0 Å². The maximum absolute atomic E-state index is 12.7. The van der Waals surface area contributed by atoms with Gasteiger partial charge in [0.05, 0.1) is 5.56 Å². The van der Waals surface area contributed by atoms with E-state index in [2.05, 4.69) is 31.1 Å². The first kappa shape index (κ1) is 22.2. The summed E-state index contributed by atoms with van der Waals surface area (Å²) in [6.45, 7) is 2.47. The molecular formula is C31H33ClO2. The molecule has 7 atom stereocenters. The Kier molecular flexibility index (Phi) is 5.73. The van der Waals surface area contributed by atoms with Crippen molar-refractivity contribution in [1.82, 2.24) is 0 Å². The quantitative estimate of drug-likeness (QED) is 0.238. The summed E-state index contributed by atoms with van der Waals surface area (Å²) in [5, 5.41) is 2.43. The van der Waals surface area contributed by atoms with Crippen LogP contribution in [0.1, 0.15) is 68.6 Å². The summed E-state index contributed by atoms with van der Waals surface area (Å²) >= 11 is 6.39. The van der Waals surface area contributed by atoms with Gasteiger partial charge in [0, 0.05) is 16.3 Å². The number of esters is 1. The summed E-state index contributed by atoms with van der Waals surface area (Å²) in [5.74, 6) is 7.66. The van der Waals surface area contributed by atoms with E-state index in [0.717, 1.165) is 46.8 Å². The summed E-state index contributed by atoms with van der Waals surface area (Å²) < 4.78 is 5.43. The van der Waals surface area contributed by atoms with Crippen molar-refractivity contribution >= 4 is 28.3 Å². The average Bonchev–Trinajstić information content (AvgIpc) is 3.20. The largest absolute Gasteiger partial charge is 0.368 e. The van der Waals surface area contributed by atoms with Crippen LogP contribution in [0, 0.1) is 52.9 Å². The lowest BCUT2D eigenvalue weighted by Crippen LogP contribution is -2.47. The van der Waals surface area contributed by atoms with E-state index < -0.39 is 5.97 Å². The molecule has 0 aliphatic heterocycles. The Bertz CT molecular complexity index is 1200. The maximum atomic E-state index is 12.7. The number of fused-ring (bicyclic) bond motifs is 6. The van der Waals surface area contributed by atoms with E-state index in [1.54, 1.807) is 6.07 Å². The molecule has 34 heavy (non-hydrogen) atoms. The first-order chi connectivity index (χ1) is 16.5. The Morgan fingerprint density at radius 1 is 1.00 bits per heavy atom. The zero-order chi connectivity index (χ0) is 23.3. The fourth-order valence-electron chi connectivity index (χ4n) is 8.24. The van der Waals surface area contributed by atoms with Gasteiger partial charge >= 0.3 is 5.97 Å². The van der Waals surface area contributed by atoms with Gasteiger partial charge in [-0.15, -0.1) is 0 Å². The lowest BCUT2D eigenvalue weighted by molar-refractivity contribution is -0.0453. The number of benzene rings is 2. The Balaban J connectivity index is 1.16. The molecule has 1 unspecified atom stereocenters. The summed E-state index contributed by atoms with van der Waals surface area (Å²) in [6, 6.07) is 11.3. The van der Waals surface area contributed by atoms with Gasteiger partial charge in [0.25, 0.3) is 0 Å². The molecule has 0 N–H and O–H groups in total. The molecule has 3 fully saturated rings. The summed E-state index contributed by atoms with van der Waals surface area (Å²) in [7, 11) is 0. The Morgan fingerprint density at radius 2 is 1.85 bits per heavy atom. The third-order valence-electron chi connectivity index (χ3n) is 9.96. The standard InChI is InChI=1S/C31H33ClO2/c1-31-16-14-26-24-8-4-2-6-20(24)10-12-27(26)28(31)13-11-23(31)15-17-34-30(33)22-18-21-7-3-5-9-25(21)29(32)19-22/h2-5,7,9,18-20,23-24,26-28H,6,8,10-14,16H2,1H3/t20?,23-,24-,26+,27+,28-,31+/m0/s1. The minimum Gasteiger partial charge on any atom is -0.368 e. The van der Waals surface area contributed by atoms with Gasteiger partial charge in [-0.1, -0.05) is 60.9 Å². The van der Waals surface area contributed by atoms with Crippen LogP contribution in [0.25, 0.3) is 10.8 Å². The molecule has 4 aliphatic carbocycles. The van der Waals surface area contributed by atoms with Crippen molar-refractivity contribution in [2.45, 2.75) is 58.3 Å². The molecule has 3 heteroatoms. The molecule has 0 spiro atoms. The normalized spacial score (nSPS) is 36.1. The summed E-state index contributed by atoms with van der Waals surface area (Å²) in [5.41, 5.74) is 0.705. The molecule has 0 radical (unpaired) electrons. The number of rotatable bonds is 1. The van der Waals surface area contributed by atoms with Gasteiger partial charge in [-0.25, -0.2) is 4.79 Å². The molecule has 0 amide bonds. The molecule has 6 rings (SSSR count). The van der Waals surface area contributed by atoms with Crippen LogP contribution >= 0.6 is 11.6 Å². The molecule has 2 aromatic carbocycles. The predicted molar refractivity (Wildman–Crippen MR) is 137 cm³/mol. The number of carbonyl (C=O) groups excluding carboxylic acids is 1. The highest BCUT2D eigenvalue weighted by Gasteiger charge is 2.56. The first-order valence-electron chi connectivity index (χ1n) is 13.1. The van der Waals surface area contributed by atoms with Gasteiger partial charge in [0.2, 0.25) is 0 Å². The molecule has 3 saturated carbocycles. The van der Waals surface area contributed by atoms with E-state index in [-0.39, 0.29) is 5.41 Å². The lowest BCUT2D eigenvalue weighted by atomic mass is 9.50. The van der Waals surface area contributed by atoms with Crippen LogP contribution in [0.2, 0.25) is 5.02 Å². The van der Waals surface area contributed by atoms with E-state index in [9.17, 15) is 4.79 Å². The van der Waals surface area contributed by atoms with E-state index in [0.29, 0.717) is 16.5 Å². The highest BCUT2D eigenvalue weighted by Crippen LogP contribution is 2.63. The number of hydrogen-bond donors (Lipinski definition) is 0. The second-order valence-electron chi connectivity index (χ2n) is 11.4. The minimum absolute atomic E-state index is 0.254. The van der Waals surface area contributed by atoms with Crippen molar-refractivity contribution < 1.29 is 9.53 Å². The van der Waals surface area contributed by atoms with Crippen molar-refractivity contribution in [3.05, 3.63) is 59.1 Å². The third-order valence-corrected chi connectivity index (χ3v) is 10.3. The highest BCUT2D eigenvalue weighted by molar-refractivity contribution is 6.36. The van der Waals surface area contributed by atoms with Gasteiger partial charge in [-0.3, -0.25) is 0 Å². The molecule has 0 bridgehead atoms. The van der Waals surface area contributed by atoms with Gasteiger partial charge < -0.3 is 4.74 Å². The van der Waals surface area contributed by atoms with Crippen LogP contribution in [0.15, 0.2) is 48.6 Å². The first-order valence-corrected chi connectivity index (χ1v) is 13.5. The number of allylic oxidation sites excluding steroid dienone is 2. The molecule has 0 aromatic heterocycles. The van der Waals surface area contributed by atoms with Gasteiger partial charge in [-0.05, 0) is 104 Å². The summed E-state index contributed by atoms with van der Waals surface area (Å²) in [4.78, 5) is 12.7. The van der Waals surface area contributed by atoms with Gasteiger partial charge in [0.15, 0.2) is 0 Å². The molecule has 2 nitrogen and oxygen atoms in total. The molecule has 0 saturated heterocycles. The number of carbonyl (C=O) groups is 1. The molecule has 0 heterocycles. The predicted octanol–water partition coefficient (Wildman–Crippen LogP) is 8.05. The fraction of sp³-hybridized carbons (Fsp3) is 0.516. The van der Waals surface area contributed by atoms with Gasteiger partial charge in [0.1, 0.15) is 6.11 Å². The zero-order valence-corrected chi connectivity index (χ0v) is 20.7. The van der Waals surface area contributed by atoms with Gasteiger partial charge in [-0.2, -0.15) is 0 Å². The van der Waals surface area contributed by atoms with Crippen LogP contribution in [-0.2, 0) is 4.74 Å². The van der Waals surface area contributed by atoms with Crippen molar-refractivity contribution in [3.63, 3.8) is 0 Å². The van der Waals surface area contributed by atoms with E-state index in [1.807, 2.05) is 30.3 Å². The van der Waals surface area contributed by atoms with Crippen molar-refractivity contribution in [1.29, 1.82) is 0 Å². The monoisotopic (exact) mass is 472 g/mol. The van der Waals surface area contributed by atoms with Crippen LogP contribution in [-0.4, -0.2) is 5.97 Å². The SMILES string of the molecule is C[C@]12CC[C@H]3[C@@H](CCC4CC=CC[C@@H]43)[C@@H]1CC[C@H]2C#COC(=O)c1cc(Cl)c2ccccc2c1. The van der Waals surface area contributed by atoms with Crippen molar-refractivity contribution in [3.8, 4) is 12.0 Å². The van der Waals surface area contributed by atoms with E-state index in [1.165, 1.54) is 44.9 Å². The van der Waals surface area contributed by atoms with Crippen LogP contribution in [0.5, 0.6) is 0 Å². The average molecular weight is 473 g/mol. The molecule has 176 valence electrons. The highest BCUT2D eigenvalue weighted by atomic mass is 35.5. The number of ether oxygens (including phenoxy) is 1. The lowest BCUT2D eigenvalue weighted by Gasteiger charge is -2.54. The Labute approximate surface area is 208 Å². The smallest absolute Gasteiger partial charge is 0.352 e. The second-order valence-corrected chi connectivity index (χ2v) is 11.8.